The van der Waals surface area contributed by atoms with Gasteiger partial charge in [-0.3, -0.25) is 5.10 Å². The van der Waals surface area contributed by atoms with E-state index in [1.807, 2.05) is 43.3 Å². The highest BCUT2D eigenvalue weighted by atomic mass is 32.2. The largest absolute Gasteiger partial charge is 0.277 e. The quantitative estimate of drug-likeness (QED) is 0.445. The van der Waals surface area contributed by atoms with Gasteiger partial charge in [-0.05, 0) is 37.5 Å². The highest BCUT2D eigenvalue weighted by Crippen LogP contribution is 2.20. The molecule has 0 unspecified atom stereocenters. The van der Waals surface area contributed by atoms with Gasteiger partial charge in [0, 0.05) is 11.1 Å². The van der Waals surface area contributed by atoms with Gasteiger partial charge in [0.25, 0.3) is 10.0 Å². The molecule has 1 aromatic heterocycles. The van der Waals surface area contributed by atoms with E-state index >= 15 is 0 Å². The third-order valence-electron chi connectivity index (χ3n) is 4.44. The number of rotatable bonds is 8. The van der Waals surface area contributed by atoms with Crippen molar-refractivity contribution >= 4 is 16.2 Å². The zero-order valence-electron chi connectivity index (χ0n) is 16.0. The first-order chi connectivity index (χ1) is 13.5. The van der Waals surface area contributed by atoms with Crippen molar-refractivity contribution in [2.75, 3.05) is 0 Å². The average molecular weight is 397 g/mol. The number of benzene rings is 2. The summed E-state index contributed by atoms with van der Waals surface area (Å²) in [7, 11) is -3.71. The number of aryl methyl sites for hydroxylation is 2. The maximum absolute atomic E-state index is 12.4. The van der Waals surface area contributed by atoms with Crippen molar-refractivity contribution in [3.8, 4) is 11.3 Å². The molecule has 0 amide bonds. The number of unbranched alkanes of at least 4 members (excludes halogenated alkanes) is 1. The second-order valence-corrected chi connectivity index (χ2v) is 8.33. The minimum absolute atomic E-state index is 0.191. The number of hydrogen-bond donors (Lipinski definition) is 2. The Bertz CT molecular complexity index is 1040. The molecule has 146 valence electrons. The third-order valence-corrected chi connectivity index (χ3v) is 5.68. The van der Waals surface area contributed by atoms with E-state index in [-0.39, 0.29) is 4.90 Å². The smallest absolute Gasteiger partial charge is 0.276 e. The standard InChI is InChI=1S/C21H24N4O2S/c1-3-4-5-17-8-12-20(13-9-17)28(26,27)25-23-15-19-14-22-24-21(19)18-10-6-16(2)7-11-18/h6-15,25H,3-5H2,1-2H3,(H,22,24). The molecule has 6 nitrogen and oxygen atoms in total. The summed E-state index contributed by atoms with van der Waals surface area (Å²) in [5.41, 5.74) is 4.72. The minimum Gasteiger partial charge on any atom is -0.277 e. The van der Waals surface area contributed by atoms with Gasteiger partial charge >= 0.3 is 0 Å². The Balaban J connectivity index is 1.70. The molecule has 0 radical (unpaired) electrons. The maximum Gasteiger partial charge on any atom is 0.276 e. The fraction of sp³-hybridized carbons (Fsp3) is 0.238. The Hall–Kier alpha value is -2.93. The Kier molecular flexibility index (Phi) is 6.26. The van der Waals surface area contributed by atoms with Gasteiger partial charge in [-0.1, -0.05) is 55.3 Å². The van der Waals surface area contributed by atoms with Gasteiger partial charge in [0.1, 0.15) is 0 Å². The zero-order valence-corrected chi connectivity index (χ0v) is 16.8. The van der Waals surface area contributed by atoms with E-state index in [1.165, 1.54) is 6.21 Å². The number of nitrogens with one attached hydrogen (secondary N) is 2. The van der Waals surface area contributed by atoms with E-state index < -0.39 is 10.0 Å². The maximum atomic E-state index is 12.4. The molecule has 0 atom stereocenters. The molecule has 3 rings (SSSR count). The Morgan fingerprint density at radius 2 is 1.82 bits per heavy atom. The molecule has 3 aromatic rings. The first kappa shape index (κ1) is 19.8. The monoisotopic (exact) mass is 396 g/mol. The highest BCUT2D eigenvalue weighted by molar-refractivity contribution is 7.89. The summed E-state index contributed by atoms with van der Waals surface area (Å²) in [6.07, 6.45) is 6.20. The lowest BCUT2D eigenvalue weighted by atomic mass is 10.1. The van der Waals surface area contributed by atoms with Gasteiger partial charge < -0.3 is 0 Å². The molecule has 7 heteroatoms. The normalized spacial score (nSPS) is 11.8. The summed E-state index contributed by atoms with van der Waals surface area (Å²) in [6.45, 7) is 4.15. The zero-order chi connectivity index (χ0) is 20.0. The molecule has 1 heterocycles. The average Bonchev–Trinajstić information content (AvgIpc) is 3.15. The van der Waals surface area contributed by atoms with Gasteiger partial charge in [0.15, 0.2) is 0 Å². The van der Waals surface area contributed by atoms with E-state index in [9.17, 15) is 8.42 Å². The third kappa shape index (κ3) is 4.86. The van der Waals surface area contributed by atoms with Crippen molar-refractivity contribution in [2.45, 2.75) is 38.0 Å². The van der Waals surface area contributed by atoms with Crippen molar-refractivity contribution in [1.82, 2.24) is 15.0 Å². The summed E-state index contributed by atoms with van der Waals surface area (Å²) in [6, 6.07) is 14.9. The van der Waals surface area contributed by atoms with Crippen molar-refractivity contribution in [1.29, 1.82) is 0 Å². The molecule has 0 saturated heterocycles. The molecule has 0 aliphatic carbocycles. The van der Waals surface area contributed by atoms with Gasteiger partial charge in [-0.2, -0.15) is 18.6 Å². The van der Waals surface area contributed by atoms with Crippen molar-refractivity contribution in [2.24, 2.45) is 5.10 Å². The van der Waals surface area contributed by atoms with E-state index in [2.05, 4.69) is 27.1 Å². The van der Waals surface area contributed by atoms with E-state index in [0.29, 0.717) is 5.56 Å². The number of nitrogens with zero attached hydrogens (tertiary/aromatic N) is 2. The molecule has 28 heavy (non-hydrogen) atoms. The first-order valence-electron chi connectivity index (χ1n) is 9.24. The number of aromatic nitrogens is 2. The van der Waals surface area contributed by atoms with E-state index in [0.717, 1.165) is 41.6 Å². The highest BCUT2D eigenvalue weighted by Gasteiger charge is 2.13. The summed E-state index contributed by atoms with van der Waals surface area (Å²) in [4.78, 5) is 2.45. The van der Waals surface area contributed by atoms with Crippen molar-refractivity contribution in [3.05, 3.63) is 71.4 Å². The number of hydrogen-bond acceptors (Lipinski definition) is 4. The van der Waals surface area contributed by atoms with Crippen LogP contribution in [-0.4, -0.2) is 24.8 Å². The van der Waals surface area contributed by atoms with Crippen LogP contribution in [-0.2, 0) is 16.4 Å². The number of hydrazone groups is 1. The molecule has 0 aliphatic heterocycles. The minimum atomic E-state index is -3.71. The van der Waals surface area contributed by atoms with Crippen LogP contribution in [0.15, 0.2) is 64.7 Å². The molecular weight excluding hydrogens is 372 g/mol. The predicted molar refractivity (Wildman–Crippen MR) is 112 cm³/mol. The van der Waals surface area contributed by atoms with Crippen molar-refractivity contribution < 1.29 is 8.42 Å². The van der Waals surface area contributed by atoms with Crippen LogP contribution < -0.4 is 4.83 Å². The summed E-state index contributed by atoms with van der Waals surface area (Å²) in [5, 5.41) is 10.9. The fourth-order valence-corrected chi connectivity index (χ4v) is 3.57. The SMILES string of the molecule is CCCCc1ccc(S(=O)(=O)NN=Cc2cn[nH]c2-c2ccc(C)cc2)cc1. The summed E-state index contributed by atoms with van der Waals surface area (Å²) in [5.74, 6) is 0. The Morgan fingerprint density at radius 1 is 1.11 bits per heavy atom. The van der Waals surface area contributed by atoms with E-state index in [1.54, 1.807) is 18.3 Å². The van der Waals surface area contributed by atoms with Crippen LogP contribution in [0, 0.1) is 6.92 Å². The number of aromatic amines is 1. The second kappa shape index (κ2) is 8.84. The van der Waals surface area contributed by atoms with Gasteiger partial charge in [-0.25, -0.2) is 4.83 Å². The Morgan fingerprint density at radius 3 is 2.50 bits per heavy atom. The molecule has 0 aliphatic rings. The number of H-pyrrole nitrogens is 1. The first-order valence-corrected chi connectivity index (χ1v) is 10.7. The summed E-state index contributed by atoms with van der Waals surface area (Å²) >= 11 is 0. The number of sulfonamides is 1. The second-order valence-electron chi connectivity index (χ2n) is 6.67. The van der Waals surface area contributed by atoms with Crippen LogP contribution in [0.2, 0.25) is 0 Å². The topological polar surface area (TPSA) is 87.2 Å². The van der Waals surface area contributed by atoms with Crippen LogP contribution >= 0.6 is 0 Å². The predicted octanol–water partition coefficient (Wildman–Crippen LogP) is 4.04. The van der Waals surface area contributed by atoms with Crippen LogP contribution in [0.25, 0.3) is 11.3 Å². The molecule has 0 spiro atoms. The molecule has 0 fully saturated rings. The van der Waals surface area contributed by atoms with Gasteiger partial charge in [0.2, 0.25) is 0 Å². The van der Waals surface area contributed by atoms with Gasteiger partial charge in [0.05, 0.1) is 23.0 Å². The molecule has 2 aromatic carbocycles. The van der Waals surface area contributed by atoms with Crippen molar-refractivity contribution in [3.63, 3.8) is 0 Å². The molecule has 0 bridgehead atoms. The van der Waals surface area contributed by atoms with E-state index in [4.69, 9.17) is 0 Å². The molecule has 0 saturated carbocycles. The lowest BCUT2D eigenvalue weighted by Gasteiger charge is -2.05. The summed E-state index contributed by atoms with van der Waals surface area (Å²) < 4.78 is 24.9. The lowest BCUT2D eigenvalue weighted by molar-refractivity contribution is 0.584. The molecular formula is C21H24N4O2S. The van der Waals surface area contributed by atoms with Crippen LogP contribution in [0.3, 0.4) is 0 Å². The Labute approximate surface area is 165 Å². The lowest BCUT2D eigenvalue weighted by Crippen LogP contribution is -2.18. The van der Waals surface area contributed by atoms with Crippen LogP contribution in [0.5, 0.6) is 0 Å². The fourth-order valence-electron chi connectivity index (χ4n) is 2.78. The van der Waals surface area contributed by atoms with Crippen LogP contribution in [0.1, 0.15) is 36.5 Å². The van der Waals surface area contributed by atoms with Crippen LogP contribution in [0.4, 0.5) is 0 Å². The van der Waals surface area contributed by atoms with Gasteiger partial charge in [-0.15, -0.1) is 0 Å². The molecule has 2 N–H and O–H groups in total.